The Kier molecular flexibility index (Phi) is 3.33. The first-order valence-electron chi connectivity index (χ1n) is 6.44. The maximum Gasteiger partial charge on any atom is 0.221 e. The fourth-order valence-corrected chi connectivity index (χ4v) is 2.40. The van der Waals surface area contributed by atoms with E-state index in [1.54, 1.807) is 6.26 Å². The monoisotopic (exact) mass is 256 g/mol. The molecule has 3 rings (SSSR count). The van der Waals surface area contributed by atoms with E-state index in [-0.39, 0.29) is 18.0 Å². The summed E-state index contributed by atoms with van der Waals surface area (Å²) in [5.41, 5.74) is 1.14. The molecule has 1 aliphatic rings. The van der Waals surface area contributed by atoms with Gasteiger partial charge < -0.3 is 9.73 Å². The van der Waals surface area contributed by atoms with Gasteiger partial charge in [-0.1, -0.05) is 30.3 Å². The number of carbonyl (C=O) groups is 1. The molecule has 2 N–H and O–H groups in total. The highest BCUT2D eigenvalue weighted by Gasteiger charge is 2.26. The van der Waals surface area contributed by atoms with Crippen LogP contribution in [0.25, 0.3) is 0 Å². The third-order valence-corrected chi connectivity index (χ3v) is 3.34. The van der Waals surface area contributed by atoms with E-state index in [2.05, 4.69) is 22.8 Å². The van der Waals surface area contributed by atoms with Crippen molar-refractivity contribution in [3.63, 3.8) is 0 Å². The van der Waals surface area contributed by atoms with Crippen molar-refractivity contribution in [1.82, 2.24) is 10.6 Å². The van der Waals surface area contributed by atoms with Crippen LogP contribution in [0.4, 0.5) is 0 Å². The highest BCUT2D eigenvalue weighted by Crippen LogP contribution is 2.23. The molecule has 4 nitrogen and oxygen atoms in total. The minimum Gasteiger partial charge on any atom is -0.467 e. The van der Waals surface area contributed by atoms with Crippen molar-refractivity contribution in [1.29, 1.82) is 0 Å². The lowest BCUT2D eigenvalue weighted by Gasteiger charge is -2.20. The molecule has 0 radical (unpaired) electrons. The fraction of sp³-hybridized carbons (Fsp3) is 0.267. The maximum atomic E-state index is 11.3. The number of nitrogens with one attached hydrogen (secondary N) is 2. The van der Waals surface area contributed by atoms with Gasteiger partial charge in [0, 0.05) is 19.0 Å². The van der Waals surface area contributed by atoms with Crippen molar-refractivity contribution in [2.45, 2.75) is 18.5 Å². The molecule has 2 atom stereocenters. The molecule has 2 unspecified atom stereocenters. The molecule has 0 aliphatic carbocycles. The van der Waals surface area contributed by atoms with Crippen LogP contribution in [0.15, 0.2) is 53.1 Å². The Hall–Kier alpha value is -2.07. The third-order valence-electron chi connectivity index (χ3n) is 3.34. The van der Waals surface area contributed by atoms with Gasteiger partial charge in [-0.05, 0) is 17.7 Å². The molecule has 98 valence electrons. The van der Waals surface area contributed by atoms with Crippen molar-refractivity contribution >= 4 is 5.91 Å². The second kappa shape index (κ2) is 5.28. The van der Waals surface area contributed by atoms with E-state index in [1.165, 1.54) is 0 Å². The van der Waals surface area contributed by atoms with Crippen LogP contribution in [0.2, 0.25) is 0 Å². The average Bonchev–Trinajstić information content (AvgIpc) is 3.08. The van der Waals surface area contributed by atoms with Gasteiger partial charge in [-0.3, -0.25) is 10.1 Å². The van der Waals surface area contributed by atoms with Crippen LogP contribution in [-0.4, -0.2) is 18.5 Å². The number of amides is 1. The Morgan fingerprint density at radius 3 is 2.68 bits per heavy atom. The number of hydrogen-bond acceptors (Lipinski definition) is 3. The molecular weight excluding hydrogens is 240 g/mol. The summed E-state index contributed by atoms with van der Waals surface area (Å²) in [7, 11) is 0. The molecule has 0 spiro atoms. The Morgan fingerprint density at radius 1 is 1.21 bits per heavy atom. The van der Waals surface area contributed by atoms with Crippen molar-refractivity contribution in [3.8, 4) is 0 Å². The van der Waals surface area contributed by atoms with Gasteiger partial charge in [-0.2, -0.15) is 0 Å². The zero-order valence-electron chi connectivity index (χ0n) is 10.5. The Labute approximate surface area is 111 Å². The minimum atomic E-state index is -0.0195. The molecule has 0 saturated carbocycles. The van der Waals surface area contributed by atoms with E-state index in [1.807, 2.05) is 30.3 Å². The number of benzene rings is 1. The van der Waals surface area contributed by atoms with Gasteiger partial charge in [0.15, 0.2) is 0 Å². The first-order valence-corrected chi connectivity index (χ1v) is 6.44. The van der Waals surface area contributed by atoms with Crippen LogP contribution in [0.5, 0.6) is 0 Å². The summed E-state index contributed by atoms with van der Waals surface area (Å²) in [6.45, 7) is 0.670. The molecule has 1 aromatic heterocycles. The van der Waals surface area contributed by atoms with Gasteiger partial charge in [-0.15, -0.1) is 0 Å². The van der Waals surface area contributed by atoms with Gasteiger partial charge in [0.1, 0.15) is 5.76 Å². The second-order valence-electron chi connectivity index (χ2n) is 4.73. The molecule has 1 aromatic carbocycles. The highest BCUT2D eigenvalue weighted by atomic mass is 16.3. The summed E-state index contributed by atoms with van der Waals surface area (Å²) in [5.74, 6) is 0.967. The zero-order chi connectivity index (χ0) is 13.1. The van der Waals surface area contributed by atoms with Crippen LogP contribution in [0.1, 0.15) is 23.8 Å². The summed E-state index contributed by atoms with van der Waals surface area (Å²) in [5, 5.41) is 6.33. The lowest BCUT2D eigenvalue weighted by molar-refractivity contribution is -0.119. The molecule has 2 aromatic rings. The third kappa shape index (κ3) is 2.69. The molecule has 1 amide bonds. The van der Waals surface area contributed by atoms with E-state index in [0.717, 1.165) is 11.3 Å². The standard InChI is InChI=1S/C15H16N2O2/c18-14-9-12(10-16-14)17-15(13-7-4-8-19-13)11-5-2-1-3-6-11/h1-8,12,15,17H,9-10H2,(H,16,18). The lowest BCUT2D eigenvalue weighted by Crippen LogP contribution is -2.34. The summed E-state index contributed by atoms with van der Waals surface area (Å²) in [6, 6.07) is 14.1. The molecule has 1 saturated heterocycles. The van der Waals surface area contributed by atoms with E-state index >= 15 is 0 Å². The number of furan rings is 1. The van der Waals surface area contributed by atoms with Crippen molar-refractivity contribution < 1.29 is 9.21 Å². The summed E-state index contributed by atoms with van der Waals surface area (Å²) < 4.78 is 5.52. The molecule has 0 bridgehead atoms. The minimum absolute atomic E-state index is 0.0195. The van der Waals surface area contributed by atoms with E-state index in [9.17, 15) is 4.79 Å². The van der Waals surface area contributed by atoms with Gasteiger partial charge >= 0.3 is 0 Å². The van der Waals surface area contributed by atoms with Gasteiger partial charge in [0.25, 0.3) is 0 Å². The first-order chi connectivity index (χ1) is 9.33. The summed E-state index contributed by atoms with van der Waals surface area (Å²) in [4.78, 5) is 11.3. The topological polar surface area (TPSA) is 54.3 Å². The maximum absolute atomic E-state index is 11.3. The van der Waals surface area contributed by atoms with E-state index in [0.29, 0.717) is 13.0 Å². The van der Waals surface area contributed by atoms with E-state index in [4.69, 9.17) is 4.42 Å². The second-order valence-corrected chi connectivity index (χ2v) is 4.73. The summed E-state index contributed by atoms with van der Waals surface area (Å²) in [6.07, 6.45) is 2.19. The smallest absolute Gasteiger partial charge is 0.221 e. The van der Waals surface area contributed by atoms with Crippen molar-refractivity contribution in [2.75, 3.05) is 6.54 Å². The Morgan fingerprint density at radius 2 is 2.05 bits per heavy atom. The highest BCUT2D eigenvalue weighted by molar-refractivity contribution is 5.78. The Balaban J connectivity index is 1.83. The predicted octanol–water partition coefficient (Wildman–Crippen LogP) is 1.85. The van der Waals surface area contributed by atoms with Gasteiger partial charge in [0.05, 0.1) is 12.3 Å². The normalized spacial score (nSPS) is 20.2. The molecule has 4 heteroatoms. The number of carbonyl (C=O) groups excluding carboxylic acids is 1. The van der Waals surface area contributed by atoms with Crippen molar-refractivity contribution in [2.24, 2.45) is 0 Å². The molecule has 19 heavy (non-hydrogen) atoms. The SMILES string of the molecule is O=C1CC(NC(c2ccccc2)c2ccco2)CN1. The van der Waals surface area contributed by atoms with Gasteiger partial charge in [-0.25, -0.2) is 0 Å². The lowest BCUT2D eigenvalue weighted by atomic mass is 10.0. The average molecular weight is 256 g/mol. The molecule has 1 fully saturated rings. The van der Waals surface area contributed by atoms with Crippen molar-refractivity contribution in [3.05, 3.63) is 60.1 Å². The molecular formula is C15H16N2O2. The number of rotatable bonds is 4. The van der Waals surface area contributed by atoms with Crippen LogP contribution >= 0.6 is 0 Å². The predicted molar refractivity (Wildman–Crippen MR) is 71.5 cm³/mol. The van der Waals surface area contributed by atoms with Gasteiger partial charge in [0.2, 0.25) is 5.91 Å². The quantitative estimate of drug-likeness (QED) is 0.877. The summed E-state index contributed by atoms with van der Waals surface area (Å²) >= 11 is 0. The fourth-order valence-electron chi connectivity index (χ4n) is 2.40. The molecule has 1 aliphatic heterocycles. The van der Waals surface area contributed by atoms with Crippen LogP contribution in [0, 0.1) is 0 Å². The first kappa shape index (κ1) is 12.0. The number of hydrogen-bond donors (Lipinski definition) is 2. The van der Waals surface area contributed by atoms with Crippen LogP contribution in [-0.2, 0) is 4.79 Å². The van der Waals surface area contributed by atoms with E-state index < -0.39 is 0 Å². The Bertz CT molecular complexity index is 537. The molecule has 2 heterocycles. The van der Waals surface area contributed by atoms with Crippen LogP contribution in [0.3, 0.4) is 0 Å². The zero-order valence-corrected chi connectivity index (χ0v) is 10.5. The van der Waals surface area contributed by atoms with Crippen LogP contribution < -0.4 is 10.6 Å². The largest absolute Gasteiger partial charge is 0.467 e.